The fourth-order valence-electron chi connectivity index (χ4n) is 1.50. The molecular formula is C15H28O5. The van der Waals surface area contributed by atoms with Gasteiger partial charge in [0.05, 0.1) is 0 Å². The Morgan fingerprint density at radius 2 is 1.20 bits per heavy atom. The highest BCUT2D eigenvalue weighted by Gasteiger charge is 2.46. The molecule has 0 aromatic heterocycles. The molecule has 0 heterocycles. The molecule has 0 spiro atoms. The largest absolute Gasteiger partial charge is 0.459 e. The maximum absolute atomic E-state index is 12.3. The molecule has 0 unspecified atom stereocenters. The molecule has 20 heavy (non-hydrogen) atoms. The van der Waals surface area contributed by atoms with Gasteiger partial charge in [0.15, 0.2) is 5.41 Å². The first kappa shape index (κ1) is 18.9. The second-order valence-electron chi connectivity index (χ2n) is 7.16. The van der Waals surface area contributed by atoms with Crippen LogP contribution in [-0.4, -0.2) is 34.9 Å². The molecule has 0 saturated carbocycles. The zero-order chi connectivity index (χ0) is 16.2. The summed E-state index contributed by atoms with van der Waals surface area (Å²) in [5.41, 5.74) is -2.76. The standard InChI is InChI=1S/C15H28O5/c1-13(2,3)19-11(17)15(7,9-8-10-16)12(18)20-14(4,5)6/h16H,8-10H2,1-7H3. The first-order chi connectivity index (χ1) is 8.82. The van der Waals surface area contributed by atoms with Crippen molar-refractivity contribution in [3.63, 3.8) is 0 Å². The van der Waals surface area contributed by atoms with Crippen molar-refractivity contribution in [2.75, 3.05) is 6.61 Å². The maximum Gasteiger partial charge on any atom is 0.323 e. The van der Waals surface area contributed by atoms with Crippen LogP contribution in [0.4, 0.5) is 0 Å². The first-order valence-electron chi connectivity index (χ1n) is 6.89. The molecule has 5 nitrogen and oxygen atoms in total. The normalized spacial score (nSPS) is 13.0. The number of hydrogen-bond donors (Lipinski definition) is 1. The lowest BCUT2D eigenvalue weighted by molar-refractivity contribution is -0.184. The van der Waals surface area contributed by atoms with Crippen LogP contribution >= 0.6 is 0 Å². The van der Waals surface area contributed by atoms with E-state index in [2.05, 4.69) is 0 Å². The second kappa shape index (κ2) is 6.57. The highest BCUT2D eigenvalue weighted by atomic mass is 16.6. The van der Waals surface area contributed by atoms with Gasteiger partial charge in [0.1, 0.15) is 11.2 Å². The number of hydrogen-bond acceptors (Lipinski definition) is 5. The molecule has 0 fully saturated rings. The third kappa shape index (κ3) is 6.37. The van der Waals surface area contributed by atoms with E-state index in [1.54, 1.807) is 41.5 Å². The van der Waals surface area contributed by atoms with Crippen LogP contribution in [0.25, 0.3) is 0 Å². The van der Waals surface area contributed by atoms with Gasteiger partial charge in [0, 0.05) is 6.61 Å². The zero-order valence-corrected chi connectivity index (χ0v) is 13.7. The summed E-state index contributed by atoms with van der Waals surface area (Å²) in [5.74, 6) is -1.24. The monoisotopic (exact) mass is 288 g/mol. The fraction of sp³-hybridized carbons (Fsp3) is 0.867. The summed E-state index contributed by atoms with van der Waals surface area (Å²) in [6.45, 7) is 11.9. The van der Waals surface area contributed by atoms with E-state index < -0.39 is 28.6 Å². The minimum absolute atomic E-state index is 0.0960. The summed E-state index contributed by atoms with van der Waals surface area (Å²) >= 11 is 0. The molecule has 1 N–H and O–H groups in total. The van der Waals surface area contributed by atoms with Crippen LogP contribution in [0.15, 0.2) is 0 Å². The summed E-state index contributed by atoms with van der Waals surface area (Å²) in [6.07, 6.45) is 0.516. The van der Waals surface area contributed by atoms with Crippen molar-refractivity contribution in [1.29, 1.82) is 0 Å². The predicted octanol–water partition coefficient (Wildman–Crippen LogP) is 2.45. The Bertz CT molecular complexity index is 318. The Morgan fingerprint density at radius 1 is 0.850 bits per heavy atom. The molecule has 0 aromatic rings. The van der Waals surface area contributed by atoms with E-state index in [9.17, 15) is 9.59 Å². The minimum Gasteiger partial charge on any atom is -0.459 e. The van der Waals surface area contributed by atoms with Gasteiger partial charge in [-0.1, -0.05) is 0 Å². The lowest BCUT2D eigenvalue weighted by Crippen LogP contribution is -2.45. The molecule has 0 aliphatic rings. The van der Waals surface area contributed by atoms with Gasteiger partial charge >= 0.3 is 11.9 Å². The summed E-state index contributed by atoms with van der Waals surface area (Å²) in [4.78, 5) is 24.6. The average Bonchev–Trinajstić information content (AvgIpc) is 2.20. The van der Waals surface area contributed by atoms with E-state index in [0.29, 0.717) is 6.42 Å². The van der Waals surface area contributed by atoms with Crippen LogP contribution in [0.3, 0.4) is 0 Å². The minimum atomic E-state index is -1.40. The molecule has 0 aliphatic carbocycles. The predicted molar refractivity (Wildman–Crippen MR) is 76.1 cm³/mol. The summed E-state index contributed by atoms with van der Waals surface area (Å²) in [6, 6.07) is 0. The quantitative estimate of drug-likeness (QED) is 0.621. The van der Waals surface area contributed by atoms with E-state index in [-0.39, 0.29) is 13.0 Å². The molecule has 0 bridgehead atoms. The number of aliphatic hydroxyl groups is 1. The van der Waals surface area contributed by atoms with Crippen LogP contribution in [0, 0.1) is 5.41 Å². The number of esters is 2. The van der Waals surface area contributed by atoms with Crippen molar-refractivity contribution in [2.24, 2.45) is 5.41 Å². The van der Waals surface area contributed by atoms with E-state index in [1.165, 1.54) is 6.92 Å². The van der Waals surface area contributed by atoms with Gasteiger partial charge < -0.3 is 14.6 Å². The molecule has 5 heteroatoms. The van der Waals surface area contributed by atoms with Crippen molar-refractivity contribution in [2.45, 2.75) is 72.5 Å². The van der Waals surface area contributed by atoms with Gasteiger partial charge in [-0.15, -0.1) is 0 Å². The van der Waals surface area contributed by atoms with Crippen LogP contribution in [-0.2, 0) is 19.1 Å². The molecule has 0 aromatic carbocycles. The molecule has 0 atom stereocenters. The third-order valence-corrected chi connectivity index (χ3v) is 2.53. The van der Waals surface area contributed by atoms with E-state index in [0.717, 1.165) is 0 Å². The fourth-order valence-corrected chi connectivity index (χ4v) is 1.50. The third-order valence-electron chi connectivity index (χ3n) is 2.53. The lowest BCUT2D eigenvalue weighted by atomic mass is 9.85. The molecule has 0 aliphatic heterocycles. The van der Waals surface area contributed by atoms with Crippen LogP contribution in [0.2, 0.25) is 0 Å². The maximum atomic E-state index is 12.3. The first-order valence-corrected chi connectivity index (χ1v) is 6.89. The Kier molecular flexibility index (Phi) is 6.21. The highest BCUT2D eigenvalue weighted by Crippen LogP contribution is 2.31. The van der Waals surface area contributed by atoms with Gasteiger partial charge in [-0.3, -0.25) is 9.59 Å². The lowest BCUT2D eigenvalue weighted by Gasteiger charge is -2.32. The van der Waals surface area contributed by atoms with Crippen molar-refractivity contribution in [3.05, 3.63) is 0 Å². The van der Waals surface area contributed by atoms with Crippen LogP contribution in [0.1, 0.15) is 61.3 Å². The molecule has 0 radical (unpaired) electrons. The number of carbonyl (C=O) groups excluding carboxylic acids is 2. The van der Waals surface area contributed by atoms with Gasteiger partial charge in [-0.25, -0.2) is 0 Å². The van der Waals surface area contributed by atoms with Crippen molar-refractivity contribution >= 4 is 11.9 Å². The molecular weight excluding hydrogens is 260 g/mol. The summed E-state index contributed by atoms with van der Waals surface area (Å²) in [5, 5.41) is 8.95. The SMILES string of the molecule is CC(C)(C)OC(=O)C(C)(CCCO)C(=O)OC(C)(C)C. The molecule has 118 valence electrons. The Morgan fingerprint density at radius 3 is 1.45 bits per heavy atom. The highest BCUT2D eigenvalue weighted by molar-refractivity contribution is 5.99. The number of aliphatic hydroxyl groups excluding tert-OH is 1. The van der Waals surface area contributed by atoms with Crippen molar-refractivity contribution in [1.82, 2.24) is 0 Å². The number of carbonyl (C=O) groups is 2. The van der Waals surface area contributed by atoms with Crippen molar-refractivity contribution in [3.8, 4) is 0 Å². The summed E-state index contributed by atoms with van der Waals surface area (Å²) < 4.78 is 10.6. The van der Waals surface area contributed by atoms with Gasteiger partial charge in [-0.05, 0) is 61.3 Å². The van der Waals surface area contributed by atoms with Crippen molar-refractivity contribution < 1.29 is 24.2 Å². The number of rotatable bonds is 5. The smallest absolute Gasteiger partial charge is 0.323 e. The summed E-state index contributed by atoms with van der Waals surface area (Å²) in [7, 11) is 0. The van der Waals surface area contributed by atoms with Gasteiger partial charge in [0.2, 0.25) is 0 Å². The Hall–Kier alpha value is -1.10. The Labute approximate surface area is 121 Å². The van der Waals surface area contributed by atoms with Crippen LogP contribution < -0.4 is 0 Å². The average molecular weight is 288 g/mol. The molecule has 0 rings (SSSR count). The van der Waals surface area contributed by atoms with E-state index in [1.807, 2.05) is 0 Å². The molecule has 0 amide bonds. The molecule has 0 saturated heterocycles. The van der Waals surface area contributed by atoms with Gasteiger partial charge in [0.25, 0.3) is 0 Å². The van der Waals surface area contributed by atoms with E-state index >= 15 is 0 Å². The Balaban J connectivity index is 5.18. The van der Waals surface area contributed by atoms with Gasteiger partial charge in [-0.2, -0.15) is 0 Å². The number of ether oxygens (including phenoxy) is 2. The van der Waals surface area contributed by atoms with E-state index in [4.69, 9.17) is 14.6 Å². The zero-order valence-electron chi connectivity index (χ0n) is 13.7. The topological polar surface area (TPSA) is 72.8 Å². The van der Waals surface area contributed by atoms with Crippen LogP contribution in [0.5, 0.6) is 0 Å². The second-order valence-corrected chi connectivity index (χ2v) is 7.16.